The third kappa shape index (κ3) is 18.9. The first kappa shape index (κ1) is 23.6. The van der Waals surface area contributed by atoms with E-state index in [-0.39, 0.29) is 6.41 Å². The molecule has 0 aliphatic heterocycles. The van der Waals surface area contributed by atoms with Gasteiger partial charge in [-0.3, -0.25) is 14.4 Å². The maximum absolute atomic E-state index is 11.3. The highest BCUT2D eigenvalue weighted by Gasteiger charge is 2.28. The number of methoxy groups -OCH3 is 1. The van der Waals surface area contributed by atoms with Crippen molar-refractivity contribution in [1.29, 1.82) is 0 Å². The molecule has 0 spiro atoms. The van der Waals surface area contributed by atoms with Crippen molar-refractivity contribution >= 4 is 18.6 Å². The van der Waals surface area contributed by atoms with E-state index in [4.69, 9.17) is 9.63 Å². The Bertz CT molecular complexity index is 270. The summed E-state index contributed by atoms with van der Waals surface area (Å²) in [4.78, 5) is 35.4. The lowest BCUT2D eigenvalue weighted by Crippen LogP contribution is -2.41. The second-order valence-electron chi connectivity index (χ2n) is 5.20. The fraction of sp³-hybridized carbons (Fsp3) is 0.769. The monoisotopic (exact) mass is 292 g/mol. The molecule has 0 aromatic rings. The number of primary amides is 1. The average Bonchev–Trinajstić information content (AvgIpc) is 2.36. The minimum absolute atomic E-state index is 0.250. The van der Waals surface area contributed by atoms with E-state index in [2.05, 4.69) is 16.0 Å². The summed E-state index contributed by atoms with van der Waals surface area (Å²) in [6, 6.07) is 0. The summed E-state index contributed by atoms with van der Waals surface area (Å²) < 4.78 is 4.54. The second-order valence-corrected chi connectivity index (χ2v) is 5.20. The maximum Gasteiger partial charge on any atom is 0.256 e. The normalized spacial score (nSPS) is 10.2. The summed E-state index contributed by atoms with van der Waals surface area (Å²) in [5, 5.41) is 0. The fourth-order valence-corrected chi connectivity index (χ4v) is 0.384. The van der Waals surface area contributed by atoms with Crippen molar-refractivity contribution in [2.45, 2.75) is 47.1 Å². The minimum atomic E-state index is -1.04. The molecule has 0 fully saturated rings. The molecule has 20 heavy (non-hydrogen) atoms. The molecule has 0 rings (SSSR count). The molecule has 0 radical (unpaired) electrons. The molecule has 0 aromatic carbocycles. The highest BCUT2D eigenvalue weighted by Crippen LogP contribution is 2.12. The topological polar surface area (TPSA) is 108 Å². The first-order valence-corrected chi connectivity index (χ1v) is 6.11. The summed E-state index contributed by atoms with van der Waals surface area (Å²) in [7, 11) is 1.68. The Morgan fingerprint density at radius 3 is 1.75 bits per heavy atom. The van der Waals surface area contributed by atoms with Gasteiger partial charge in [0.15, 0.2) is 0 Å². The van der Waals surface area contributed by atoms with Crippen LogP contribution >= 0.6 is 0 Å². The van der Waals surface area contributed by atoms with Gasteiger partial charge in [0.25, 0.3) is 5.91 Å². The third-order valence-corrected chi connectivity index (χ3v) is 1.62. The van der Waals surface area contributed by atoms with E-state index in [9.17, 15) is 9.59 Å². The molecule has 0 aromatic heterocycles. The van der Waals surface area contributed by atoms with E-state index in [0.717, 1.165) is 6.61 Å². The molecule has 7 heteroatoms. The maximum atomic E-state index is 11.3. The van der Waals surface area contributed by atoms with Crippen molar-refractivity contribution in [1.82, 2.24) is 5.48 Å². The summed E-state index contributed by atoms with van der Waals surface area (Å²) in [5.74, 6) is -0.433. The summed E-state index contributed by atoms with van der Waals surface area (Å²) in [6.07, 6.45) is 0.842. The molecule has 0 atom stereocenters. The van der Waals surface area contributed by atoms with E-state index in [1.54, 1.807) is 27.9 Å². The standard InChI is InChI=1S/C9H17NO3.C3H8O.CH3NO/c1-8(2,3)13-10-7(12)9(4,5)6-11;1-3-4-2;2-1-3/h6H,1-5H3,(H,10,12);3H2,1-2H3;1H,(H2,2,3). The van der Waals surface area contributed by atoms with Crippen LogP contribution in [-0.2, 0) is 24.0 Å². The predicted molar refractivity (Wildman–Crippen MR) is 76.6 cm³/mol. The van der Waals surface area contributed by atoms with Crippen molar-refractivity contribution in [3.63, 3.8) is 0 Å². The molecule has 0 aliphatic carbocycles. The van der Waals surface area contributed by atoms with Crippen molar-refractivity contribution < 1.29 is 24.0 Å². The predicted octanol–water partition coefficient (Wildman–Crippen LogP) is 0.812. The molecule has 0 unspecified atom stereocenters. The molecule has 0 heterocycles. The fourth-order valence-electron chi connectivity index (χ4n) is 0.384. The van der Waals surface area contributed by atoms with Gasteiger partial charge in [-0.1, -0.05) is 0 Å². The highest BCUT2D eigenvalue weighted by atomic mass is 16.7. The van der Waals surface area contributed by atoms with Crippen molar-refractivity contribution in [2.24, 2.45) is 11.1 Å². The van der Waals surface area contributed by atoms with E-state index in [1.165, 1.54) is 13.8 Å². The number of aldehydes is 1. The Morgan fingerprint density at radius 1 is 1.20 bits per heavy atom. The minimum Gasteiger partial charge on any atom is -0.385 e. The zero-order valence-corrected chi connectivity index (χ0v) is 13.5. The SMILES string of the molecule is CC(C)(C)ONC(=O)C(C)(C)C=O.CCOC.NC=O. The van der Waals surface area contributed by atoms with Gasteiger partial charge in [-0.05, 0) is 41.5 Å². The zero-order valence-electron chi connectivity index (χ0n) is 13.5. The number of nitrogens with two attached hydrogens (primary N) is 1. The highest BCUT2D eigenvalue weighted by molar-refractivity contribution is 5.95. The van der Waals surface area contributed by atoms with Gasteiger partial charge in [0, 0.05) is 13.7 Å². The van der Waals surface area contributed by atoms with Gasteiger partial charge in [0.2, 0.25) is 6.41 Å². The lowest BCUT2D eigenvalue weighted by molar-refractivity contribution is -0.155. The third-order valence-electron chi connectivity index (χ3n) is 1.62. The molecule has 0 saturated carbocycles. The molecule has 0 bridgehead atoms. The number of amides is 2. The van der Waals surface area contributed by atoms with Crippen LogP contribution < -0.4 is 11.2 Å². The number of ether oxygens (including phenoxy) is 1. The number of hydroxylamine groups is 1. The van der Waals surface area contributed by atoms with Crippen LogP contribution in [0.4, 0.5) is 0 Å². The van der Waals surface area contributed by atoms with Crippen molar-refractivity contribution in [3.05, 3.63) is 0 Å². The van der Waals surface area contributed by atoms with Gasteiger partial charge >= 0.3 is 0 Å². The number of carbonyl (C=O) groups excluding carboxylic acids is 3. The Morgan fingerprint density at radius 2 is 1.55 bits per heavy atom. The number of rotatable bonds is 4. The average molecular weight is 292 g/mol. The number of nitrogens with one attached hydrogen (secondary N) is 1. The number of hydrogen-bond donors (Lipinski definition) is 2. The second kappa shape index (κ2) is 12.6. The zero-order chi connectivity index (χ0) is 16.8. The smallest absolute Gasteiger partial charge is 0.256 e. The largest absolute Gasteiger partial charge is 0.385 e. The lowest BCUT2D eigenvalue weighted by Gasteiger charge is -2.22. The Balaban J connectivity index is -0.000000343. The van der Waals surface area contributed by atoms with Gasteiger partial charge in [0.1, 0.15) is 11.7 Å². The van der Waals surface area contributed by atoms with Crippen LogP contribution in [0.2, 0.25) is 0 Å². The van der Waals surface area contributed by atoms with E-state index in [0.29, 0.717) is 6.29 Å². The van der Waals surface area contributed by atoms with Crippen LogP contribution in [0.25, 0.3) is 0 Å². The molecular weight excluding hydrogens is 264 g/mol. The van der Waals surface area contributed by atoms with Crippen molar-refractivity contribution in [3.8, 4) is 0 Å². The van der Waals surface area contributed by atoms with Gasteiger partial charge < -0.3 is 15.3 Å². The Labute approximate surface area is 121 Å². The number of hydrogen-bond acceptors (Lipinski definition) is 5. The van der Waals surface area contributed by atoms with Gasteiger partial charge in [-0.15, -0.1) is 0 Å². The first-order valence-electron chi connectivity index (χ1n) is 6.11. The van der Waals surface area contributed by atoms with E-state index in [1.807, 2.05) is 6.92 Å². The molecule has 0 aliphatic rings. The van der Waals surface area contributed by atoms with E-state index < -0.39 is 16.9 Å². The van der Waals surface area contributed by atoms with Crippen LogP contribution in [0.3, 0.4) is 0 Å². The molecule has 2 amide bonds. The first-order chi connectivity index (χ1) is 9.02. The van der Waals surface area contributed by atoms with Crippen LogP contribution in [0, 0.1) is 5.41 Å². The Kier molecular flexibility index (Phi) is 14.8. The van der Waals surface area contributed by atoms with Crippen LogP contribution in [0.15, 0.2) is 0 Å². The Hall–Kier alpha value is -1.47. The molecule has 3 N–H and O–H groups in total. The molecular formula is C13H28N2O5. The van der Waals surface area contributed by atoms with Gasteiger partial charge in [0.05, 0.1) is 5.60 Å². The lowest BCUT2D eigenvalue weighted by atomic mass is 9.95. The summed E-state index contributed by atoms with van der Waals surface area (Å²) >= 11 is 0. The van der Waals surface area contributed by atoms with E-state index >= 15 is 0 Å². The summed E-state index contributed by atoms with van der Waals surface area (Å²) in [6.45, 7) is 11.3. The van der Waals surface area contributed by atoms with Gasteiger partial charge in [-0.2, -0.15) is 0 Å². The molecule has 120 valence electrons. The number of carbonyl (C=O) groups is 3. The van der Waals surface area contributed by atoms with Crippen LogP contribution in [-0.4, -0.2) is 37.9 Å². The van der Waals surface area contributed by atoms with Crippen LogP contribution in [0.5, 0.6) is 0 Å². The van der Waals surface area contributed by atoms with Crippen molar-refractivity contribution in [2.75, 3.05) is 13.7 Å². The molecule has 0 saturated heterocycles. The van der Waals surface area contributed by atoms with Crippen LogP contribution in [0.1, 0.15) is 41.5 Å². The molecule has 7 nitrogen and oxygen atoms in total. The quantitative estimate of drug-likeness (QED) is 0.453. The van der Waals surface area contributed by atoms with Gasteiger partial charge in [-0.25, -0.2) is 5.48 Å². The summed E-state index contributed by atoms with van der Waals surface area (Å²) in [5.41, 5.74) is 4.92.